The van der Waals surface area contributed by atoms with Crippen LogP contribution in [0.25, 0.3) is 0 Å². The van der Waals surface area contributed by atoms with Crippen LogP contribution in [0, 0.1) is 11.3 Å². The van der Waals surface area contributed by atoms with Crippen LogP contribution < -0.4 is 0 Å². The maximum atomic E-state index is 12.1. The van der Waals surface area contributed by atoms with Crippen LogP contribution in [0.5, 0.6) is 0 Å². The molecule has 0 fully saturated rings. The Morgan fingerprint density at radius 2 is 2.18 bits per heavy atom. The number of halogens is 1. The monoisotopic (exact) mass is 274 g/mol. The predicted octanol–water partition coefficient (Wildman–Crippen LogP) is 0.824. The minimum absolute atomic E-state index is 0.0419. The molecule has 5 nitrogen and oxygen atoms in total. The number of aliphatic hydroxyl groups excluding tert-OH is 1. The molecule has 0 unspecified atom stereocenters. The van der Waals surface area contributed by atoms with Crippen molar-refractivity contribution in [2.75, 3.05) is 20.2 Å². The van der Waals surface area contributed by atoms with Gasteiger partial charge < -0.3 is 5.11 Å². The van der Waals surface area contributed by atoms with Gasteiger partial charge in [0.1, 0.15) is 11.0 Å². The molecule has 92 valence electrons. The van der Waals surface area contributed by atoms with Gasteiger partial charge in [0.05, 0.1) is 17.2 Å². The van der Waals surface area contributed by atoms with Crippen molar-refractivity contribution in [3.63, 3.8) is 0 Å². The number of likely N-dealkylation sites (N-methyl/N-ethyl adjacent to an activating group) is 1. The molecular weight excluding hydrogens is 264 g/mol. The summed E-state index contributed by atoms with van der Waals surface area (Å²) in [7, 11) is -2.47. The van der Waals surface area contributed by atoms with Crippen LogP contribution in [0.2, 0.25) is 5.02 Å². The number of nitrogens with zero attached hydrogens (tertiary/aromatic N) is 2. The molecule has 7 heteroatoms. The van der Waals surface area contributed by atoms with E-state index >= 15 is 0 Å². The van der Waals surface area contributed by atoms with Gasteiger partial charge in [0.2, 0.25) is 10.0 Å². The van der Waals surface area contributed by atoms with E-state index < -0.39 is 10.0 Å². The standard InChI is InChI=1S/C10H11ClN2O3S/c1-13(5-6-14)17(15,16)10-4-2-3-9(11)8(10)7-12/h2-4,14H,5-6H2,1H3. The van der Waals surface area contributed by atoms with E-state index in [-0.39, 0.29) is 28.6 Å². The second kappa shape index (κ2) is 5.47. The van der Waals surface area contributed by atoms with Gasteiger partial charge >= 0.3 is 0 Å². The highest BCUT2D eigenvalue weighted by atomic mass is 35.5. The van der Waals surface area contributed by atoms with Crippen molar-refractivity contribution in [2.24, 2.45) is 0 Å². The highest BCUT2D eigenvalue weighted by molar-refractivity contribution is 7.89. The Kier molecular flexibility index (Phi) is 4.48. The summed E-state index contributed by atoms with van der Waals surface area (Å²) in [6.45, 7) is -0.335. The highest BCUT2D eigenvalue weighted by Gasteiger charge is 2.24. The van der Waals surface area contributed by atoms with Crippen molar-refractivity contribution in [3.8, 4) is 6.07 Å². The van der Waals surface area contributed by atoms with E-state index in [0.29, 0.717) is 0 Å². The smallest absolute Gasteiger partial charge is 0.244 e. The van der Waals surface area contributed by atoms with Crippen LogP contribution in [-0.4, -0.2) is 38.0 Å². The van der Waals surface area contributed by atoms with Crippen molar-refractivity contribution in [1.29, 1.82) is 5.26 Å². The van der Waals surface area contributed by atoms with Crippen molar-refractivity contribution in [2.45, 2.75) is 4.90 Å². The molecule has 0 saturated heterocycles. The SMILES string of the molecule is CN(CCO)S(=O)(=O)c1cccc(Cl)c1C#N. The molecule has 0 aliphatic rings. The van der Waals surface area contributed by atoms with E-state index in [2.05, 4.69) is 0 Å². The highest BCUT2D eigenvalue weighted by Crippen LogP contribution is 2.24. The molecule has 0 aliphatic heterocycles. The lowest BCUT2D eigenvalue weighted by Gasteiger charge is -2.16. The first-order valence-corrected chi connectivity index (χ1v) is 6.52. The minimum atomic E-state index is -3.80. The molecule has 0 aliphatic carbocycles. The van der Waals surface area contributed by atoms with E-state index in [1.54, 1.807) is 6.07 Å². The van der Waals surface area contributed by atoms with Crippen molar-refractivity contribution in [3.05, 3.63) is 28.8 Å². The van der Waals surface area contributed by atoms with Crippen LogP contribution in [0.3, 0.4) is 0 Å². The van der Waals surface area contributed by atoms with Crippen molar-refractivity contribution in [1.82, 2.24) is 4.31 Å². The zero-order chi connectivity index (χ0) is 13.1. The van der Waals surface area contributed by atoms with Crippen molar-refractivity contribution < 1.29 is 13.5 Å². The van der Waals surface area contributed by atoms with E-state index in [0.717, 1.165) is 4.31 Å². The molecule has 0 heterocycles. The molecule has 17 heavy (non-hydrogen) atoms. The van der Waals surface area contributed by atoms with E-state index in [4.69, 9.17) is 22.0 Å². The zero-order valence-electron chi connectivity index (χ0n) is 9.09. The summed E-state index contributed by atoms with van der Waals surface area (Å²) >= 11 is 5.76. The maximum Gasteiger partial charge on any atom is 0.244 e. The summed E-state index contributed by atoms with van der Waals surface area (Å²) in [5.74, 6) is 0. The van der Waals surface area contributed by atoms with Crippen LogP contribution >= 0.6 is 11.6 Å². The molecule has 1 rings (SSSR count). The van der Waals surface area contributed by atoms with Gasteiger partial charge in [0.25, 0.3) is 0 Å². The van der Waals surface area contributed by atoms with Gasteiger partial charge in [0.15, 0.2) is 0 Å². The van der Waals surface area contributed by atoms with E-state index in [1.807, 2.05) is 0 Å². The Labute approximate surface area is 105 Å². The molecule has 0 spiro atoms. The molecule has 1 N–H and O–H groups in total. The van der Waals surface area contributed by atoms with Gasteiger partial charge in [-0.15, -0.1) is 0 Å². The predicted molar refractivity (Wildman–Crippen MR) is 63.1 cm³/mol. The third-order valence-electron chi connectivity index (χ3n) is 2.19. The molecule has 0 aromatic heterocycles. The molecule has 1 aromatic carbocycles. The second-order valence-electron chi connectivity index (χ2n) is 3.27. The molecule has 0 amide bonds. The maximum absolute atomic E-state index is 12.1. The number of nitriles is 1. The summed E-state index contributed by atoms with van der Waals surface area (Å²) in [6, 6.07) is 5.99. The first-order chi connectivity index (χ1) is 7.95. The van der Waals surface area contributed by atoms with Gasteiger partial charge in [-0.05, 0) is 12.1 Å². The fourth-order valence-corrected chi connectivity index (χ4v) is 2.85. The number of aliphatic hydroxyl groups is 1. The number of hydrogen-bond acceptors (Lipinski definition) is 4. The number of benzene rings is 1. The Morgan fingerprint density at radius 3 is 2.71 bits per heavy atom. The van der Waals surface area contributed by atoms with Gasteiger partial charge in [0, 0.05) is 13.6 Å². The van der Waals surface area contributed by atoms with Crippen LogP contribution in [0.1, 0.15) is 5.56 Å². The topological polar surface area (TPSA) is 81.4 Å². The molecular formula is C10H11ClN2O3S. The number of hydrogen-bond donors (Lipinski definition) is 1. The lowest BCUT2D eigenvalue weighted by Crippen LogP contribution is -2.30. The van der Waals surface area contributed by atoms with Gasteiger partial charge in [-0.25, -0.2) is 8.42 Å². The Morgan fingerprint density at radius 1 is 1.53 bits per heavy atom. The largest absolute Gasteiger partial charge is 0.395 e. The summed E-state index contributed by atoms with van der Waals surface area (Å²) in [4.78, 5) is -0.150. The lowest BCUT2D eigenvalue weighted by atomic mass is 10.2. The number of rotatable bonds is 4. The first kappa shape index (κ1) is 13.9. The van der Waals surface area contributed by atoms with Gasteiger partial charge in [-0.1, -0.05) is 17.7 Å². The fourth-order valence-electron chi connectivity index (χ4n) is 1.26. The van der Waals surface area contributed by atoms with E-state index in [1.165, 1.54) is 25.2 Å². The van der Waals surface area contributed by atoms with E-state index in [9.17, 15) is 8.42 Å². The third kappa shape index (κ3) is 2.76. The molecule has 0 saturated carbocycles. The molecule has 0 radical (unpaired) electrons. The Balaban J connectivity index is 3.35. The summed E-state index contributed by atoms with van der Waals surface area (Å²) in [5, 5.41) is 17.7. The average Bonchev–Trinajstić information content (AvgIpc) is 2.29. The van der Waals surface area contributed by atoms with Crippen LogP contribution in [0.4, 0.5) is 0 Å². The van der Waals surface area contributed by atoms with Crippen LogP contribution in [-0.2, 0) is 10.0 Å². The van der Waals surface area contributed by atoms with Crippen LogP contribution in [0.15, 0.2) is 23.1 Å². The number of sulfonamides is 1. The zero-order valence-corrected chi connectivity index (χ0v) is 10.7. The summed E-state index contributed by atoms with van der Waals surface area (Å²) in [6.07, 6.45) is 0. The normalized spacial score (nSPS) is 11.5. The Hall–Kier alpha value is -1.13. The molecule has 1 aromatic rings. The van der Waals surface area contributed by atoms with Crippen molar-refractivity contribution >= 4 is 21.6 Å². The molecule has 0 bridgehead atoms. The molecule has 0 atom stereocenters. The summed E-state index contributed by atoms with van der Waals surface area (Å²) in [5.41, 5.74) is -0.0843. The summed E-state index contributed by atoms with van der Waals surface area (Å²) < 4.78 is 25.1. The minimum Gasteiger partial charge on any atom is -0.395 e. The third-order valence-corrected chi connectivity index (χ3v) is 4.40. The lowest BCUT2D eigenvalue weighted by molar-refractivity contribution is 0.266. The second-order valence-corrected chi connectivity index (χ2v) is 5.70. The Bertz CT molecular complexity index is 551. The average molecular weight is 275 g/mol. The van der Waals surface area contributed by atoms with Gasteiger partial charge in [-0.3, -0.25) is 0 Å². The quantitative estimate of drug-likeness (QED) is 0.881. The fraction of sp³-hybridized carbons (Fsp3) is 0.300. The first-order valence-electron chi connectivity index (χ1n) is 4.71. The van der Waals surface area contributed by atoms with Gasteiger partial charge in [-0.2, -0.15) is 9.57 Å².